The maximum atomic E-state index is 12.5. The van der Waals surface area contributed by atoms with Gasteiger partial charge in [-0.25, -0.2) is 0 Å². The number of anilines is 1. The van der Waals surface area contributed by atoms with Crippen molar-refractivity contribution in [3.05, 3.63) is 39.8 Å². The van der Waals surface area contributed by atoms with Gasteiger partial charge < -0.3 is 5.32 Å². The van der Waals surface area contributed by atoms with Crippen LogP contribution in [0.15, 0.2) is 29.3 Å². The average Bonchev–Trinajstić information content (AvgIpc) is 2.14. The third kappa shape index (κ3) is 3.72. The highest BCUT2D eigenvalue weighted by Crippen LogP contribution is 2.36. The third-order valence-corrected chi connectivity index (χ3v) is 2.37. The van der Waals surface area contributed by atoms with E-state index in [-0.39, 0.29) is 5.02 Å². The summed E-state index contributed by atoms with van der Waals surface area (Å²) in [6.45, 7) is 3.91. The molecule has 0 unspecified atom stereocenters. The van der Waals surface area contributed by atoms with E-state index >= 15 is 0 Å². The Hall–Kier alpha value is -0.680. The van der Waals surface area contributed by atoms with Crippen LogP contribution in [0.3, 0.4) is 0 Å². The van der Waals surface area contributed by atoms with Crippen LogP contribution < -0.4 is 5.32 Å². The second-order valence-electron chi connectivity index (χ2n) is 3.06. The minimum absolute atomic E-state index is 0.310. The standard InChI is InChI=1S/C10H8BrClF3N/c1-6(11)5-16-7-2-3-9(12)8(4-7)10(13,14)15/h2-4,16H,1,5H2. The summed E-state index contributed by atoms with van der Waals surface area (Å²) in [6, 6.07) is 3.66. The molecule has 6 heteroatoms. The van der Waals surface area contributed by atoms with Crippen LogP contribution in [0.4, 0.5) is 18.9 Å². The van der Waals surface area contributed by atoms with E-state index in [0.29, 0.717) is 16.7 Å². The minimum Gasteiger partial charge on any atom is -0.380 e. The van der Waals surface area contributed by atoms with Gasteiger partial charge in [0.25, 0.3) is 0 Å². The number of alkyl halides is 3. The first-order valence-corrected chi connectivity index (χ1v) is 5.41. The first-order valence-electron chi connectivity index (χ1n) is 4.24. The third-order valence-electron chi connectivity index (χ3n) is 1.76. The van der Waals surface area contributed by atoms with E-state index in [0.717, 1.165) is 6.07 Å². The van der Waals surface area contributed by atoms with Gasteiger partial charge in [0.2, 0.25) is 0 Å². The molecule has 1 N–H and O–H groups in total. The highest BCUT2D eigenvalue weighted by molar-refractivity contribution is 9.11. The zero-order valence-electron chi connectivity index (χ0n) is 8.04. The highest BCUT2D eigenvalue weighted by Gasteiger charge is 2.33. The molecule has 0 amide bonds. The summed E-state index contributed by atoms with van der Waals surface area (Å²) in [5, 5.41) is 2.47. The average molecular weight is 315 g/mol. The number of rotatable bonds is 3. The van der Waals surface area contributed by atoms with E-state index in [1.807, 2.05) is 0 Å². The van der Waals surface area contributed by atoms with E-state index in [2.05, 4.69) is 27.8 Å². The Morgan fingerprint density at radius 3 is 2.56 bits per heavy atom. The molecule has 0 saturated carbocycles. The van der Waals surface area contributed by atoms with Crippen LogP contribution in [0.2, 0.25) is 5.02 Å². The Bertz CT molecular complexity index is 404. The molecule has 0 radical (unpaired) electrons. The molecule has 0 heterocycles. The SMILES string of the molecule is C=C(Br)CNc1ccc(Cl)c(C(F)(F)F)c1. The molecule has 88 valence electrons. The summed E-state index contributed by atoms with van der Waals surface area (Å²) in [5.74, 6) is 0. The van der Waals surface area contributed by atoms with Gasteiger partial charge >= 0.3 is 6.18 Å². The molecule has 0 aliphatic heterocycles. The van der Waals surface area contributed by atoms with Gasteiger partial charge in [-0.15, -0.1) is 0 Å². The second kappa shape index (κ2) is 5.10. The molecule has 0 fully saturated rings. The van der Waals surface area contributed by atoms with Crippen molar-refractivity contribution in [2.24, 2.45) is 0 Å². The lowest BCUT2D eigenvalue weighted by Gasteiger charge is -2.12. The molecule has 1 rings (SSSR count). The van der Waals surface area contributed by atoms with Crippen LogP contribution in [-0.2, 0) is 6.18 Å². The van der Waals surface area contributed by atoms with Gasteiger partial charge in [-0.1, -0.05) is 34.1 Å². The van der Waals surface area contributed by atoms with Gasteiger partial charge in [0, 0.05) is 16.7 Å². The van der Waals surface area contributed by atoms with E-state index in [4.69, 9.17) is 11.6 Å². The predicted octanol–water partition coefficient (Wildman–Crippen LogP) is 4.68. The molecule has 1 aromatic carbocycles. The van der Waals surface area contributed by atoms with Gasteiger partial charge in [-0.3, -0.25) is 0 Å². The van der Waals surface area contributed by atoms with Crippen LogP contribution in [0.25, 0.3) is 0 Å². The van der Waals surface area contributed by atoms with Crippen molar-refractivity contribution in [3.63, 3.8) is 0 Å². The van der Waals surface area contributed by atoms with Crippen LogP contribution in [0, 0.1) is 0 Å². The summed E-state index contributed by atoms with van der Waals surface area (Å²) in [6.07, 6.45) is -4.44. The minimum atomic E-state index is -4.44. The first kappa shape index (κ1) is 13.4. The number of hydrogen-bond acceptors (Lipinski definition) is 1. The van der Waals surface area contributed by atoms with E-state index in [9.17, 15) is 13.2 Å². The van der Waals surface area contributed by atoms with Crippen molar-refractivity contribution < 1.29 is 13.2 Å². The molecule has 0 aliphatic rings. The summed E-state index contributed by atoms with van der Waals surface area (Å²) in [5.41, 5.74) is -0.503. The van der Waals surface area contributed by atoms with Crippen molar-refractivity contribution in [3.8, 4) is 0 Å². The lowest BCUT2D eigenvalue weighted by molar-refractivity contribution is -0.137. The molecule has 16 heavy (non-hydrogen) atoms. The van der Waals surface area contributed by atoms with Crippen molar-refractivity contribution in [2.45, 2.75) is 6.18 Å². The quantitative estimate of drug-likeness (QED) is 0.854. The van der Waals surface area contributed by atoms with Crippen LogP contribution >= 0.6 is 27.5 Å². The van der Waals surface area contributed by atoms with Crippen LogP contribution in [0.1, 0.15) is 5.56 Å². The predicted molar refractivity (Wildman–Crippen MR) is 63.0 cm³/mol. The molecule has 0 bridgehead atoms. The Kier molecular flexibility index (Phi) is 4.27. The van der Waals surface area contributed by atoms with Gasteiger partial charge in [0.1, 0.15) is 0 Å². The zero-order chi connectivity index (χ0) is 12.3. The van der Waals surface area contributed by atoms with E-state index < -0.39 is 11.7 Å². The maximum Gasteiger partial charge on any atom is 0.417 e. The van der Waals surface area contributed by atoms with Crippen LogP contribution in [-0.4, -0.2) is 6.54 Å². The Labute approximate surface area is 104 Å². The molecule has 1 aromatic rings. The van der Waals surface area contributed by atoms with E-state index in [1.54, 1.807) is 0 Å². The van der Waals surface area contributed by atoms with Crippen molar-refractivity contribution in [1.82, 2.24) is 0 Å². The van der Waals surface area contributed by atoms with Crippen molar-refractivity contribution in [2.75, 3.05) is 11.9 Å². The zero-order valence-corrected chi connectivity index (χ0v) is 10.4. The number of nitrogens with one attached hydrogen (secondary N) is 1. The van der Waals surface area contributed by atoms with E-state index in [1.165, 1.54) is 12.1 Å². The highest BCUT2D eigenvalue weighted by atomic mass is 79.9. The smallest absolute Gasteiger partial charge is 0.380 e. The molecule has 0 aliphatic carbocycles. The summed E-state index contributed by atoms with van der Waals surface area (Å²) >= 11 is 8.57. The number of halogens is 5. The fourth-order valence-corrected chi connectivity index (χ4v) is 1.42. The number of hydrogen-bond donors (Lipinski definition) is 1. The lowest BCUT2D eigenvalue weighted by Crippen LogP contribution is -2.08. The Balaban J connectivity index is 2.94. The Morgan fingerprint density at radius 1 is 1.44 bits per heavy atom. The van der Waals surface area contributed by atoms with Crippen LogP contribution in [0.5, 0.6) is 0 Å². The number of benzene rings is 1. The van der Waals surface area contributed by atoms with Gasteiger partial charge in [-0.2, -0.15) is 13.2 Å². The van der Waals surface area contributed by atoms with Crippen molar-refractivity contribution in [1.29, 1.82) is 0 Å². The molecule has 0 aromatic heterocycles. The summed E-state index contributed by atoms with van der Waals surface area (Å²) < 4.78 is 38.1. The van der Waals surface area contributed by atoms with Gasteiger partial charge in [0.15, 0.2) is 0 Å². The van der Waals surface area contributed by atoms with Crippen molar-refractivity contribution >= 4 is 33.2 Å². The first-order chi connectivity index (χ1) is 7.30. The molecule has 1 nitrogen and oxygen atoms in total. The fraction of sp³-hybridized carbons (Fsp3) is 0.200. The largest absolute Gasteiger partial charge is 0.417 e. The fourth-order valence-electron chi connectivity index (χ4n) is 1.05. The summed E-state index contributed by atoms with van der Waals surface area (Å²) in [4.78, 5) is 0. The second-order valence-corrected chi connectivity index (χ2v) is 4.59. The summed E-state index contributed by atoms with van der Waals surface area (Å²) in [7, 11) is 0. The molecule has 0 spiro atoms. The normalized spacial score (nSPS) is 11.3. The van der Waals surface area contributed by atoms with Gasteiger partial charge in [0.05, 0.1) is 10.6 Å². The van der Waals surface area contributed by atoms with Gasteiger partial charge in [-0.05, 0) is 18.2 Å². The molecule has 0 atom stereocenters. The molecular weight excluding hydrogens is 306 g/mol. The molecular formula is C10H8BrClF3N. The maximum absolute atomic E-state index is 12.5. The topological polar surface area (TPSA) is 12.0 Å². The molecule has 0 saturated heterocycles. The monoisotopic (exact) mass is 313 g/mol. The Morgan fingerprint density at radius 2 is 2.06 bits per heavy atom. The lowest BCUT2D eigenvalue weighted by atomic mass is 10.2.